The molecule has 0 saturated carbocycles. The molecule has 0 aromatic carbocycles. The molecule has 0 radical (unpaired) electrons. The maximum absolute atomic E-state index is 5.82. The Labute approximate surface area is 103 Å². The summed E-state index contributed by atoms with van der Waals surface area (Å²) in [6.45, 7) is 8.01. The van der Waals surface area contributed by atoms with Crippen LogP contribution < -0.4 is 11.1 Å². The zero-order valence-corrected chi connectivity index (χ0v) is 11.2. The molecule has 0 fully saturated rings. The molecule has 0 bridgehead atoms. The average molecular weight is 238 g/mol. The SMILES string of the molecule is C/C=C/CCNC(CN)c1cc(C)sc1C. The number of allylic oxidation sites excluding steroid dienone is 1. The van der Waals surface area contributed by atoms with Gasteiger partial charge in [-0.3, -0.25) is 0 Å². The first kappa shape index (κ1) is 13.4. The van der Waals surface area contributed by atoms with E-state index in [1.54, 1.807) is 0 Å². The van der Waals surface area contributed by atoms with Gasteiger partial charge in [0.05, 0.1) is 0 Å². The third-order valence-corrected chi connectivity index (χ3v) is 3.61. The predicted molar refractivity (Wildman–Crippen MR) is 73.0 cm³/mol. The average Bonchev–Trinajstić information content (AvgIpc) is 2.58. The lowest BCUT2D eigenvalue weighted by molar-refractivity contribution is 0.547. The first-order valence-corrected chi connectivity index (χ1v) is 6.62. The van der Waals surface area contributed by atoms with Crippen LogP contribution in [0.15, 0.2) is 18.2 Å². The summed E-state index contributed by atoms with van der Waals surface area (Å²) >= 11 is 1.85. The first-order chi connectivity index (χ1) is 7.69. The normalized spacial score (nSPS) is 13.5. The minimum atomic E-state index is 0.301. The fourth-order valence-electron chi connectivity index (χ4n) is 1.82. The summed E-state index contributed by atoms with van der Waals surface area (Å²) < 4.78 is 0. The highest BCUT2D eigenvalue weighted by Gasteiger charge is 2.13. The van der Waals surface area contributed by atoms with E-state index in [2.05, 4.69) is 37.4 Å². The molecule has 0 amide bonds. The summed E-state index contributed by atoms with van der Waals surface area (Å²) in [6, 6.07) is 2.55. The zero-order valence-electron chi connectivity index (χ0n) is 10.4. The van der Waals surface area contributed by atoms with Crippen molar-refractivity contribution in [2.45, 2.75) is 33.2 Å². The van der Waals surface area contributed by atoms with E-state index in [0.29, 0.717) is 12.6 Å². The zero-order chi connectivity index (χ0) is 12.0. The smallest absolute Gasteiger partial charge is 0.0455 e. The number of nitrogens with one attached hydrogen (secondary N) is 1. The van der Waals surface area contributed by atoms with E-state index in [1.165, 1.54) is 15.3 Å². The second-order valence-corrected chi connectivity index (χ2v) is 5.43. The van der Waals surface area contributed by atoms with Crippen molar-refractivity contribution in [3.63, 3.8) is 0 Å². The molecular formula is C13H22N2S. The van der Waals surface area contributed by atoms with Crippen molar-refractivity contribution in [2.24, 2.45) is 5.73 Å². The number of hydrogen-bond donors (Lipinski definition) is 2. The molecule has 16 heavy (non-hydrogen) atoms. The van der Waals surface area contributed by atoms with Crippen molar-refractivity contribution in [1.82, 2.24) is 5.32 Å². The summed E-state index contributed by atoms with van der Waals surface area (Å²) in [6.07, 6.45) is 5.32. The van der Waals surface area contributed by atoms with Gasteiger partial charge < -0.3 is 11.1 Å². The molecule has 1 rings (SSSR count). The van der Waals surface area contributed by atoms with Crippen molar-refractivity contribution in [3.05, 3.63) is 33.5 Å². The molecule has 0 aliphatic heterocycles. The van der Waals surface area contributed by atoms with Crippen molar-refractivity contribution in [3.8, 4) is 0 Å². The Balaban J connectivity index is 2.57. The molecule has 3 N–H and O–H groups in total. The highest BCUT2D eigenvalue weighted by Crippen LogP contribution is 2.25. The van der Waals surface area contributed by atoms with E-state index in [1.807, 2.05) is 18.3 Å². The number of rotatable bonds is 6. The van der Waals surface area contributed by atoms with Crippen LogP contribution in [0.25, 0.3) is 0 Å². The van der Waals surface area contributed by atoms with Crippen molar-refractivity contribution in [2.75, 3.05) is 13.1 Å². The maximum atomic E-state index is 5.82. The highest BCUT2D eigenvalue weighted by molar-refractivity contribution is 7.12. The number of aryl methyl sites for hydroxylation is 2. The van der Waals surface area contributed by atoms with Gasteiger partial charge in [-0.15, -0.1) is 11.3 Å². The summed E-state index contributed by atoms with van der Waals surface area (Å²) in [5.74, 6) is 0. The van der Waals surface area contributed by atoms with Crippen LogP contribution in [0.4, 0.5) is 0 Å². The molecule has 0 spiro atoms. The highest BCUT2D eigenvalue weighted by atomic mass is 32.1. The predicted octanol–water partition coefficient (Wildman–Crippen LogP) is 2.92. The Hall–Kier alpha value is -0.640. The van der Waals surface area contributed by atoms with Crippen LogP contribution in [0.2, 0.25) is 0 Å². The molecule has 1 atom stereocenters. The lowest BCUT2D eigenvalue weighted by Crippen LogP contribution is -2.28. The van der Waals surface area contributed by atoms with Crippen molar-refractivity contribution in [1.29, 1.82) is 0 Å². The monoisotopic (exact) mass is 238 g/mol. The second kappa shape index (κ2) is 6.84. The number of nitrogens with two attached hydrogens (primary N) is 1. The Bertz CT molecular complexity index is 342. The van der Waals surface area contributed by atoms with Crippen LogP contribution in [-0.4, -0.2) is 13.1 Å². The topological polar surface area (TPSA) is 38.0 Å². The third kappa shape index (κ3) is 3.74. The molecule has 90 valence electrons. The van der Waals surface area contributed by atoms with Crippen LogP contribution in [0.1, 0.15) is 34.7 Å². The van der Waals surface area contributed by atoms with Crippen molar-refractivity contribution >= 4 is 11.3 Å². The fraction of sp³-hybridized carbons (Fsp3) is 0.538. The maximum Gasteiger partial charge on any atom is 0.0455 e. The van der Waals surface area contributed by atoms with E-state index in [4.69, 9.17) is 5.73 Å². The van der Waals surface area contributed by atoms with E-state index < -0.39 is 0 Å². The molecular weight excluding hydrogens is 216 g/mol. The summed E-state index contributed by atoms with van der Waals surface area (Å²) in [5, 5.41) is 3.51. The van der Waals surface area contributed by atoms with Gasteiger partial charge in [0, 0.05) is 22.3 Å². The van der Waals surface area contributed by atoms with Gasteiger partial charge in [0.2, 0.25) is 0 Å². The Morgan fingerprint density at radius 1 is 1.50 bits per heavy atom. The summed E-state index contributed by atoms with van der Waals surface area (Å²) in [7, 11) is 0. The van der Waals surface area contributed by atoms with Gasteiger partial charge in [-0.1, -0.05) is 12.2 Å². The fourth-order valence-corrected chi connectivity index (χ4v) is 2.81. The Kier molecular flexibility index (Phi) is 5.74. The van der Waals surface area contributed by atoms with Gasteiger partial charge in [0.25, 0.3) is 0 Å². The third-order valence-electron chi connectivity index (χ3n) is 2.63. The first-order valence-electron chi connectivity index (χ1n) is 5.80. The minimum Gasteiger partial charge on any atom is -0.329 e. The van der Waals surface area contributed by atoms with Crippen LogP contribution in [0.3, 0.4) is 0 Å². The molecule has 2 nitrogen and oxygen atoms in total. The largest absolute Gasteiger partial charge is 0.329 e. The molecule has 1 aromatic rings. The molecule has 1 heterocycles. The van der Waals surface area contributed by atoms with Gasteiger partial charge in [-0.2, -0.15) is 0 Å². The van der Waals surface area contributed by atoms with Gasteiger partial charge in [0.1, 0.15) is 0 Å². The lowest BCUT2D eigenvalue weighted by atomic mass is 10.1. The Morgan fingerprint density at radius 3 is 2.75 bits per heavy atom. The van der Waals surface area contributed by atoms with E-state index >= 15 is 0 Å². The van der Waals surface area contributed by atoms with Crippen LogP contribution in [0.5, 0.6) is 0 Å². The van der Waals surface area contributed by atoms with Gasteiger partial charge >= 0.3 is 0 Å². The summed E-state index contributed by atoms with van der Waals surface area (Å²) in [5.41, 5.74) is 7.19. The molecule has 1 unspecified atom stereocenters. The Morgan fingerprint density at radius 2 is 2.25 bits per heavy atom. The molecule has 0 aliphatic rings. The van der Waals surface area contributed by atoms with E-state index in [0.717, 1.165) is 13.0 Å². The van der Waals surface area contributed by atoms with E-state index in [-0.39, 0.29) is 0 Å². The lowest BCUT2D eigenvalue weighted by Gasteiger charge is -2.16. The van der Waals surface area contributed by atoms with Gasteiger partial charge in [-0.25, -0.2) is 0 Å². The molecule has 3 heteroatoms. The minimum absolute atomic E-state index is 0.301. The second-order valence-electron chi connectivity index (χ2n) is 3.97. The molecule has 1 aromatic heterocycles. The number of thiophene rings is 1. The van der Waals surface area contributed by atoms with Crippen molar-refractivity contribution < 1.29 is 0 Å². The standard InChI is InChI=1S/C13H22N2S/c1-4-5-6-7-15-13(9-14)12-8-10(2)16-11(12)3/h4-5,8,13,15H,6-7,9,14H2,1-3H3/b5-4+. The van der Waals surface area contributed by atoms with Crippen LogP contribution >= 0.6 is 11.3 Å². The summed E-state index contributed by atoms with van der Waals surface area (Å²) in [4.78, 5) is 2.74. The van der Waals surface area contributed by atoms with Crippen LogP contribution in [-0.2, 0) is 0 Å². The number of hydrogen-bond acceptors (Lipinski definition) is 3. The van der Waals surface area contributed by atoms with Gasteiger partial charge in [0.15, 0.2) is 0 Å². The molecule has 0 saturated heterocycles. The van der Waals surface area contributed by atoms with Gasteiger partial charge in [-0.05, 0) is 45.4 Å². The van der Waals surface area contributed by atoms with E-state index in [9.17, 15) is 0 Å². The van der Waals surface area contributed by atoms with Crippen LogP contribution in [0, 0.1) is 13.8 Å². The quantitative estimate of drug-likeness (QED) is 0.591. The molecule has 0 aliphatic carbocycles.